The second-order valence-electron chi connectivity index (χ2n) is 7.15. The highest BCUT2D eigenvalue weighted by molar-refractivity contribution is 5.96. The Bertz CT molecular complexity index is 1040. The van der Waals surface area contributed by atoms with Crippen molar-refractivity contribution in [1.29, 1.82) is 0 Å². The molecule has 1 heterocycles. The molecule has 0 fully saturated rings. The molecule has 2 aromatic carbocycles. The molecule has 0 saturated carbocycles. The van der Waals surface area contributed by atoms with Crippen LogP contribution in [0.3, 0.4) is 0 Å². The van der Waals surface area contributed by atoms with Crippen LogP contribution in [0.1, 0.15) is 40.4 Å². The largest absolute Gasteiger partial charge is 0.480 e. The maximum absolute atomic E-state index is 13.3. The fourth-order valence-electron chi connectivity index (χ4n) is 3.49. The number of carboxylic acid groups (broad SMARTS) is 1. The number of pyridine rings is 1. The number of aromatic nitrogens is 1. The fourth-order valence-corrected chi connectivity index (χ4v) is 3.49. The third-order valence-corrected chi connectivity index (χ3v) is 5.03. The summed E-state index contributed by atoms with van der Waals surface area (Å²) in [6.07, 6.45) is 2.27. The predicted octanol–water partition coefficient (Wildman–Crippen LogP) is 2.41. The molecule has 0 spiro atoms. The Morgan fingerprint density at radius 3 is 2.03 bits per heavy atom. The average Bonchev–Trinajstić information content (AvgIpc) is 2.79. The highest BCUT2D eigenvalue weighted by Crippen LogP contribution is 2.25. The summed E-state index contributed by atoms with van der Waals surface area (Å²) in [5, 5.41) is 11.8. The summed E-state index contributed by atoms with van der Waals surface area (Å²) >= 11 is 0. The smallest absolute Gasteiger partial charge is 0.326 e. The van der Waals surface area contributed by atoms with Crippen molar-refractivity contribution in [3.8, 4) is 0 Å². The van der Waals surface area contributed by atoms with Gasteiger partial charge >= 0.3 is 5.97 Å². The molecule has 1 unspecified atom stereocenters. The zero-order chi connectivity index (χ0) is 22.2. The van der Waals surface area contributed by atoms with Gasteiger partial charge in [-0.25, -0.2) is 4.79 Å². The van der Waals surface area contributed by atoms with Gasteiger partial charge in [-0.2, -0.15) is 0 Å². The molecule has 160 valence electrons. The first-order valence-corrected chi connectivity index (χ1v) is 10.1. The number of aliphatic carboxylic acids is 1. The van der Waals surface area contributed by atoms with Gasteiger partial charge in [-0.1, -0.05) is 60.7 Å². The van der Waals surface area contributed by atoms with Gasteiger partial charge in [0.25, 0.3) is 11.5 Å². The van der Waals surface area contributed by atoms with E-state index in [9.17, 15) is 19.5 Å². The zero-order valence-corrected chi connectivity index (χ0v) is 17.0. The first-order valence-electron chi connectivity index (χ1n) is 10.1. The van der Waals surface area contributed by atoms with E-state index in [0.717, 1.165) is 11.1 Å². The molecule has 0 aliphatic carbocycles. The highest BCUT2D eigenvalue weighted by Gasteiger charge is 2.24. The lowest BCUT2D eigenvalue weighted by Gasteiger charge is -2.22. The van der Waals surface area contributed by atoms with Crippen LogP contribution in [-0.4, -0.2) is 34.1 Å². The van der Waals surface area contributed by atoms with Crippen molar-refractivity contribution >= 4 is 11.9 Å². The number of nitrogens with two attached hydrogens (primary N) is 1. The van der Waals surface area contributed by atoms with E-state index in [1.54, 1.807) is 12.3 Å². The molecule has 1 amide bonds. The van der Waals surface area contributed by atoms with Gasteiger partial charge in [-0.3, -0.25) is 9.59 Å². The molecule has 7 nitrogen and oxygen atoms in total. The standard InChI is InChI=1S/C24H25N3O4/c25-15-7-14-20(24(30)31)26-22(28)19-13-8-16-27(23(19)29)21(17-9-3-1-4-10-17)18-11-5-2-6-12-18/h1-6,8-13,16,20-21H,7,14-15,25H2,(H,26,28)(H,30,31). The van der Waals surface area contributed by atoms with Gasteiger partial charge in [0, 0.05) is 6.20 Å². The summed E-state index contributed by atoms with van der Waals surface area (Å²) in [5.74, 6) is -1.88. The molecule has 3 aromatic rings. The van der Waals surface area contributed by atoms with E-state index in [4.69, 9.17) is 5.73 Å². The van der Waals surface area contributed by atoms with Crippen molar-refractivity contribution in [2.24, 2.45) is 5.73 Å². The molecule has 0 saturated heterocycles. The van der Waals surface area contributed by atoms with E-state index in [2.05, 4.69) is 5.32 Å². The van der Waals surface area contributed by atoms with Crippen LogP contribution in [0.2, 0.25) is 0 Å². The molecular formula is C24H25N3O4. The topological polar surface area (TPSA) is 114 Å². The molecule has 3 rings (SSSR count). The first kappa shape index (κ1) is 22.0. The molecule has 1 aromatic heterocycles. The highest BCUT2D eigenvalue weighted by atomic mass is 16.4. The Kier molecular flexibility index (Phi) is 7.35. The van der Waals surface area contributed by atoms with Gasteiger partial charge in [0.2, 0.25) is 0 Å². The number of nitrogens with zero attached hydrogens (tertiary/aromatic N) is 1. The van der Waals surface area contributed by atoms with Crippen molar-refractivity contribution in [1.82, 2.24) is 9.88 Å². The molecular weight excluding hydrogens is 394 g/mol. The van der Waals surface area contributed by atoms with Crippen LogP contribution in [0.25, 0.3) is 0 Å². The summed E-state index contributed by atoms with van der Waals surface area (Å²) in [4.78, 5) is 37.5. The molecule has 4 N–H and O–H groups in total. The van der Waals surface area contributed by atoms with E-state index >= 15 is 0 Å². The van der Waals surface area contributed by atoms with E-state index < -0.39 is 29.5 Å². The zero-order valence-electron chi connectivity index (χ0n) is 17.0. The van der Waals surface area contributed by atoms with Gasteiger partial charge in [0.1, 0.15) is 11.6 Å². The number of carboxylic acids is 1. The maximum Gasteiger partial charge on any atom is 0.326 e. The Morgan fingerprint density at radius 1 is 0.935 bits per heavy atom. The summed E-state index contributed by atoms with van der Waals surface area (Å²) in [6, 6.07) is 20.5. The number of hydrogen-bond donors (Lipinski definition) is 3. The normalized spacial score (nSPS) is 11.8. The van der Waals surface area contributed by atoms with Gasteiger partial charge < -0.3 is 20.7 Å². The summed E-state index contributed by atoms with van der Waals surface area (Å²) in [5.41, 5.74) is 6.61. The minimum Gasteiger partial charge on any atom is -0.480 e. The number of amides is 1. The van der Waals surface area contributed by atoms with Crippen LogP contribution in [0, 0.1) is 0 Å². The lowest BCUT2D eigenvalue weighted by Crippen LogP contribution is -2.43. The number of hydrogen-bond acceptors (Lipinski definition) is 4. The number of carbonyl (C=O) groups is 2. The van der Waals surface area contributed by atoms with Crippen LogP contribution < -0.4 is 16.6 Å². The van der Waals surface area contributed by atoms with Crippen molar-refractivity contribution < 1.29 is 14.7 Å². The molecule has 0 aliphatic rings. The van der Waals surface area contributed by atoms with Crippen molar-refractivity contribution in [2.45, 2.75) is 24.9 Å². The van der Waals surface area contributed by atoms with Crippen molar-refractivity contribution in [3.05, 3.63) is 106 Å². The third-order valence-electron chi connectivity index (χ3n) is 5.03. The number of nitrogens with one attached hydrogen (secondary N) is 1. The number of rotatable bonds is 9. The Morgan fingerprint density at radius 2 is 1.52 bits per heavy atom. The van der Waals surface area contributed by atoms with E-state index in [0.29, 0.717) is 13.0 Å². The average molecular weight is 419 g/mol. The second kappa shape index (κ2) is 10.4. The third kappa shape index (κ3) is 5.26. The summed E-state index contributed by atoms with van der Waals surface area (Å²) < 4.78 is 1.50. The number of carbonyl (C=O) groups excluding carboxylic acids is 1. The molecule has 0 aliphatic heterocycles. The van der Waals surface area contributed by atoms with E-state index in [1.165, 1.54) is 10.6 Å². The fraction of sp³-hybridized carbons (Fsp3) is 0.208. The SMILES string of the molecule is NCCCC(NC(=O)c1cccn(C(c2ccccc2)c2ccccc2)c1=O)C(=O)O. The first-order chi connectivity index (χ1) is 15.0. The van der Waals surface area contributed by atoms with Gasteiger partial charge in [0.05, 0.1) is 6.04 Å². The maximum atomic E-state index is 13.3. The van der Waals surface area contributed by atoms with Gasteiger partial charge in [-0.15, -0.1) is 0 Å². The quantitative estimate of drug-likeness (QED) is 0.493. The van der Waals surface area contributed by atoms with Gasteiger partial charge in [0.15, 0.2) is 0 Å². The van der Waals surface area contributed by atoms with Crippen molar-refractivity contribution in [3.63, 3.8) is 0 Å². The van der Waals surface area contributed by atoms with Crippen LogP contribution in [0.5, 0.6) is 0 Å². The monoisotopic (exact) mass is 419 g/mol. The Labute approximate surface area is 180 Å². The molecule has 7 heteroatoms. The molecule has 1 atom stereocenters. The molecule has 0 radical (unpaired) electrons. The van der Waals surface area contributed by atoms with Crippen LogP contribution in [0.4, 0.5) is 0 Å². The van der Waals surface area contributed by atoms with Crippen LogP contribution in [-0.2, 0) is 4.79 Å². The summed E-state index contributed by atoms with van der Waals surface area (Å²) in [7, 11) is 0. The second-order valence-corrected chi connectivity index (χ2v) is 7.15. The molecule has 0 bridgehead atoms. The van der Waals surface area contributed by atoms with E-state index in [-0.39, 0.29) is 12.0 Å². The van der Waals surface area contributed by atoms with E-state index in [1.807, 2.05) is 60.7 Å². The Hall–Kier alpha value is -3.71. The molecule has 31 heavy (non-hydrogen) atoms. The minimum absolute atomic E-state index is 0.113. The predicted molar refractivity (Wildman–Crippen MR) is 118 cm³/mol. The lowest BCUT2D eigenvalue weighted by atomic mass is 9.98. The van der Waals surface area contributed by atoms with Crippen molar-refractivity contribution in [2.75, 3.05) is 6.54 Å². The van der Waals surface area contributed by atoms with Crippen LogP contribution in [0.15, 0.2) is 83.8 Å². The Balaban J connectivity index is 2.00. The minimum atomic E-state index is -1.16. The number of benzene rings is 2. The van der Waals surface area contributed by atoms with Gasteiger partial charge in [-0.05, 0) is 42.6 Å². The van der Waals surface area contributed by atoms with Crippen LogP contribution >= 0.6 is 0 Å². The lowest BCUT2D eigenvalue weighted by molar-refractivity contribution is -0.139. The summed E-state index contributed by atoms with van der Waals surface area (Å²) in [6.45, 7) is 0.313.